The number of nitrogens with one attached hydrogen (secondary N) is 1. The van der Waals surface area contributed by atoms with E-state index in [0.717, 1.165) is 25.9 Å². The lowest BCUT2D eigenvalue weighted by atomic mass is 10.2. The van der Waals surface area contributed by atoms with E-state index in [9.17, 15) is 4.79 Å². The fraction of sp³-hybridized carbons (Fsp3) is 0.500. The number of nitrogens with zero attached hydrogens (tertiary/aromatic N) is 2. The average molecular weight is 252 g/mol. The van der Waals surface area contributed by atoms with Crippen LogP contribution in [0.25, 0.3) is 0 Å². The maximum Gasteiger partial charge on any atom is 0.337 e. The Morgan fingerprint density at radius 3 is 2.78 bits per heavy atom. The number of hydrogen-bond donors (Lipinski definition) is 3. The minimum absolute atomic E-state index is 0.102. The summed E-state index contributed by atoms with van der Waals surface area (Å²) in [5.74, 6) is -0.475. The Morgan fingerprint density at radius 2 is 2.22 bits per heavy atom. The first kappa shape index (κ1) is 14.2. The zero-order valence-corrected chi connectivity index (χ0v) is 10.8. The van der Waals surface area contributed by atoms with Crippen LogP contribution in [0, 0.1) is 0 Å². The van der Waals surface area contributed by atoms with Crippen molar-refractivity contribution in [2.75, 3.05) is 38.2 Å². The van der Waals surface area contributed by atoms with Gasteiger partial charge < -0.3 is 21.1 Å². The molecule has 0 saturated heterocycles. The number of rotatable bonds is 7. The highest BCUT2D eigenvalue weighted by molar-refractivity contribution is 5.89. The van der Waals surface area contributed by atoms with Crippen LogP contribution in [0.5, 0.6) is 0 Å². The lowest BCUT2D eigenvalue weighted by Crippen LogP contribution is -2.14. The molecule has 0 saturated carbocycles. The molecule has 0 aliphatic heterocycles. The smallest absolute Gasteiger partial charge is 0.337 e. The Kier molecular flexibility index (Phi) is 5.38. The second kappa shape index (κ2) is 6.80. The summed E-state index contributed by atoms with van der Waals surface area (Å²) in [7, 11) is 4.08. The summed E-state index contributed by atoms with van der Waals surface area (Å²) >= 11 is 0. The van der Waals surface area contributed by atoms with Crippen molar-refractivity contribution in [1.29, 1.82) is 0 Å². The summed E-state index contributed by atoms with van der Waals surface area (Å²) in [5.41, 5.74) is 6.19. The van der Waals surface area contributed by atoms with E-state index in [1.54, 1.807) is 0 Å². The molecular formula is C12H20N4O2. The van der Waals surface area contributed by atoms with E-state index in [0.29, 0.717) is 11.5 Å². The van der Waals surface area contributed by atoms with E-state index in [4.69, 9.17) is 10.8 Å². The fourth-order valence-corrected chi connectivity index (χ4v) is 1.51. The summed E-state index contributed by atoms with van der Waals surface area (Å²) in [6, 6.07) is 1.41. The molecule has 6 heteroatoms. The number of anilines is 2. The average Bonchev–Trinajstić information content (AvgIpc) is 2.29. The van der Waals surface area contributed by atoms with E-state index < -0.39 is 5.97 Å². The van der Waals surface area contributed by atoms with E-state index in [-0.39, 0.29) is 5.56 Å². The van der Waals surface area contributed by atoms with E-state index in [1.807, 2.05) is 14.1 Å². The van der Waals surface area contributed by atoms with Gasteiger partial charge in [-0.2, -0.15) is 0 Å². The van der Waals surface area contributed by atoms with Crippen molar-refractivity contribution in [3.8, 4) is 0 Å². The normalized spacial score (nSPS) is 10.6. The Morgan fingerprint density at radius 1 is 1.50 bits per heavy atom. The quantitative estimate of drug-likeness (QED) is 0.630. The van der Waals surface area contributed by atoms with Gasteiger partial charge in [0.05, 0.1) is 11.3 Å². The van der Waals surface area contributed by atoms with Gasteiger partial charge in [-0.15, -0.1) is 0 Å². The number of carboxylic acids is 1. The van der Waals surface area contributed by atoms with Crippen molar-refractivity contribution in [3.63, 3.8) is 0 Å². The monoisotopic (exact) mass is 252 g/mol. The minimum Gasteiger partial charge on any atom is -0.478 e. The number of aromatic nitrogens is 1. The number of carboxylic acid groups (broad SMARTS) is 1. The number of pyridine rings is 1. The molecule has 0 amide bonds. The third kappa shape index (κ3) is 4.58. The maximum atomic E-state index is 10.7. The topological polar surface area (TPSA) is 91.5 Å². The van der Waals surface area contributed by atoms with Gasteiger partial charge in [-0.3, -0.25) is 0 Å². The Balaban J connectivity index is 2.41. The lowest BCUT2D eigenvalue weighted by Gasteiger charge is -2.11. The van der Waals surface area contributed by atoms with Crippen LogP contribution in [0.2, 0.25) is 0 Å². The van der Waals surface area contributed by atoms with Gasteiger partial charge in [0.15, 0.2) is 0 Å². The first-order chi connectivity index (χ1) is 8.50. The first-order valence-corrected chi connectivity index (χ1v) is 5.88. The van der Waals surface area contributed by atoms with Gasteiger partial charge >= 0.3 is 5.97 Å². The zero-order valence-electron chi connectivity index (χ0n) is 10.8. The number of carbonyl (C=O) groups is 1. The van der Waals surface area contributed by atoms with Crippen molar-refractivity contribution in [3.05, 3.63) is 17.8 Å². The van der Waals surface area contributed by atoms with Crippen molar-refractivity contribution in [2.45, 2.75) is 12.8 Å². The molecule has 0 spiro atoms. The molecule has 0 aromatic carbocycles. The molecule has 0 fully saturated rings. The first-order valence-electron chi connectivity index (χ1n) is 5.88. The van der Waals surface area contributed by atoms with E-state index in [1.165, 1.54) is 12.3 Å². The highest BCUT2D eigenvalue weighted by Gasteiger charge is 2.07. The molecule has 0 atom stereocenters. The van der Waals surface area contributed by atoms with Gasteiger partial charge in [0.2, 0.25) is 0 Å². The molecule has 0 aliphatic rings. The van der Waals surface area contributed by atoms with Crippen LogP contribution in [0.1, 0.15) is 23.2 Å². The number of unbranched alkanes of at least 4 members (excludes halogenated alkanes) is 1. The van der Waals surface area contributed by atoms with E-state index >= 15 is 0 Å². The Bertz CT molecular complexity index is 407. The van der Waals surface area contributed by atoms with Gasteiger partial charge in [0.25, 0.3) is 0 Å². The summed E-state index contributed by atoms with van der Waals surface area (Å²) in [5, 5.41) is 11.9. The van der Waals surface area contributed by atoms with Gasteiger partial charge in [-0.05, 0) is 39.5 Å². The third-order valence-corrected chi connectivity index (χ3v) is 2.49. The summed E-state index contributed by atoms with van der Waals surface area (Å²) < 4.78 is 0. The second-order valence-electron chi connectivity index (χ2n) is 4.40. The maximum absolute atomic E-state index is 10.7. The van der Waals surface area contributed by atoms with E-state index in [2.05, 4.69) is 15.2 Å². The predicted molar refractivity (Wildman–Crippen MR) is 71.9 cm³/mol. The van der Waals surface area contributed by atoms with Crippen molar-refractivity contribution < 1.29 is 9.90 Å². The largest absolute Gasteiger partial charge is 0.478 e. The molecule has 0 unspecified atom stereocenters. The Labute approximate surface area is 107 Å². The molecule has 100 valence electrons. The molecular weight excluding hydrogens is 232 g/mol. The number of hydrogen-bond acceptors (Lipinski definition) is 5. The van der Waals surface area contributed by atoms with Crippen LogP contribution in [-0.2, 0) is 0 Å². The number of nitrogen functional groups attached to an aromatic ring is 1. The number of nitrogens with two attached hydrogens (primary N) is 1. The molecule has 1 rings (SSSR count). The molecule has 0 aliphatic carbocycles. The highest BCUT2D eigenvalue weighted by atomic mass is 16.4. The van der Waals surface area contributed by atoms with Crippen molar-refractivity contribution >= 4 is 17.5 Å². The zero-order chi connectivity index (χ0) is 13.5. The van der Waals surface area contributed by atoms with Gasteiger partial charge in [0.1, 0.15) is 5.82 Å². The molecule has 4 N–H and O–H groups in total. The molecule has 1 heterocycles. The van der Waals surface area contributed by atoms with Crippen molar-refractivity contribution in [1.82, 2.24) is 9.88 Å². The fourth-order valence-electron chi connectivity index (χ4n) is 1.51. The standard InChI is InChI=1S/C12H20N4O2/c1-16(2)6-4-3-5-14-11-10(13)7-9(8-15-11)12(17)18/h7-8H,3-6,13H2,1-2H3,(H,14,15)(H,17,18). The van der Waals surface area contributed by atoms with Crippen molar-refractivity contribution in [2.24, 2.45) is 0 Å². The van der Waals surface area contributed by atoms with Crippen LogP contribution in [0.4, 0.5) is 11.5 Å². The van der Waals surface area contributed by atoms with Crippen LogP contribution in [0.15, 0.2) is 12.3 Å². The minimum atomic E-state index is -1.02. The SMILES string of the molecule is CN(C)CCCCNc1ncc(C(=O)O)cc1N. The Hall–Kier alpha value is -1.82. The molecule has 18 heavy (non-hydrogen) atoms. The molecule has 1 aromatic heterocycles. The second-order valence-corrected chi connectivity index (χ2v) is 4.40. The third-order valence-electron chi connectivity index (χ3n) is 2.49. The predicted octanol–water partition coefficient (Wildman–Crippen LogP) is 1.12. The van der Waals surface area contributed by atoms with Crippen LogP contribution in [-0.4, -0.2) is 48.1 Å². The van der Waals surface area contributed by atoms with Crippen LogP contribution < -0.4 is 11.1 Å². The van der Waals surface area contributed by atoms with Gasteiger partial charge in [-0.25, -0.2) is 9.78 Å². The summed E-state index contributed by atoms with van der Waals surface area (Å²) in [6.45, 7) is 1.82. The summed E-state index contributed by atoms with van der Waals surface area (Å²) in [4.78, 5) is 16.8. The highest BCUT2D eigenvalue weighted by Crippen LogP contribution is 2.16. The molecule has 0 bridgehead atoms. The molecule has 0 radical (unpaired) electrons. The lowest BCUT2D eigenvalue weighted by molar-refractivity contribution is 0.0696. The molecule has 1 aromatic rings. The summed E-state index contributed by atoms with van der Waals surface area (Å²) in [6.07, 6.45) is 3.41. The van der Waals surface area contributed by atoms with Crippen LogP contribution >= 0.6 is 0 Å². The van der Waals surface area contributed by atoms with Crippen LogP contribution in [0.3, 0.4) is 0 Å². The van der Waals surface area contributed by atoms with Gasteiger partial charge in [0, 0.05) is 12.7 Å². The molecule has 6 nitrogen and oxygen atoms in total. The number of aromatic carboxylic acids is 1. The van der Waals surface area contributed by atoms with Gasteiger partial charge in [-0.1, -0.05) is 0 Å².